The lowest BCUT2D eigenvalue weighted by Crippen LogP contribution is -2.46. The maximum Gasteiger partial charge on any atom is 0.211 e. The minimum atomic E-state index is -3.04. The third-order valence-corrected chi connectivity index (χ3v) is 5.84. The predicted octanol–water partition coefficient (Wildman–Crippen LogP) is 1.21. The number of hydrogen-bond donors (Lipinski definition) is 1. The summed E-state index contributed by atoms with van der Waals surface area (Å²) < 4.78 is 30.9. The summed E-state index contributed by atoms with van der Waals surface area (Å²) in [5, 5.41) is 3.38. The molecule has 2 rings (SSSR count). The molecule has 0 aliphatic carbocycles. The second-order valence-electron chi connectivity index (χ2n) is 6.17. The molecule has 0 spiro atoms. The Morgan fingerprint density at radius 3 is 2.70 bits per heavy atom. The molecule has 0 radical (unpaired) electrons. The van der Waals surface area contributed by atoms with Crippen LogP contribution >= 0.6 is 0 Å². The van der Waals surface area contributed by atoms with Crippen LogP contribution in [-0.2, 0) is 14.8 Å². The molecule has 2 heterocycles. The molecule has 20 heavy (non-hydrogen) atoms. The number of piperidine rings is 1. The molecule has 0 aromatic carbocycles. The van der Waals surface area contributed by atoms with Crippen LogP contribution in [0.5, 0.6) is 0 Å². The molecular formula is C14H28N2O3S. The van der Waals surface area contributed by atoms with Gasteiger partial charge in [-0.25, -0.2) is 12.7 Å². The van der Waals surface area contributed by atoms with E-state index in [2.05, 4.69) is 5.32 Å². The molecule has 118 valence electrons. The van der Waals surface area contributed by atoms with Gasteiger partial charge >= 0.3 is 0 Å². The van der Waals surface area contributed by atoms with Gasteiger partial charge < -0.3 is 10.1 Å². The lowest BCUT2D eigenvalue weighted by atomic mass is 9.88. The molecule has 1 N–H and O–H groups in total. The zero-order valence-electron chi connectivity index (χ0n) is 12.7. The first-order valence-electron chi connectivity index (χ1n) is 7.74. The van der Waals surface area contributed by atoms with Crippen molar-refractivity contribution in [2.24, 2.45) is 5.92 Å². The van der Waals surface area contributed by atoms with Crippen LogP contribution in [0.1, 0.15) is 38.5 Å². The number of rotatable bonds is 5. The van der Waals surface area contributed by atoms with E-state index in [9.17, 15) is 8.42 Å². The number of nitrogens with one attached hydrogen (secondary N) is 1. The van der Waals surface area contributed by atoms with Crippen LogP contribution in [0, 0.1) is 5.92 Å². The molecule has 6 heteroatoms. The van der Waals surface area contributed by atoms with E-state index in [4.69, 9.17) is 4.74 Å². The highest BCUT2D eigenvalue weighted by Gasteiger charge is 2.30. The van der Waals surface area contributed by atoms with E-state index >= 15 is 0 Å². The first kappa shape index (κ1) is 16.2. The Morgan fingerprint density at radius 2 is 2.10 bits per heavy atom. The van der Waals surface area contributed by atoms with Crippen LogP contribution in [0.25, 0.3) is 0 Å². The lowest BCUT2D eigenvalue weighted by molar-refractivity contribution is -0.0125. The fourth-order valence-corrected chi connectivity index (χ4v) is 4.36. The molecule has 0 bridgehead atoms. The Hall–Kier alpha value is -0.170. The van der Waals surface area contributed by atoms with E-state index in [0.717, 1.165) is 38.7 Å². The molecule has 3 atom stereocenters. The van der Waals surface area contributed by atoms with Gasteiger partial charge in [0.2, 0.25) is 10.0 Å². The summed E-state index contributed by atoms with van der Waals surface area (Å²) in [6.45, 7) is 2.21. The van der Waals surface area contributed by atoms with Gasteiger partial charge in [-0.1, -0.05) is 0 Å². The minimum absolute atomic E-state index is 0.294. The normalized spacial score (nSPS) is 31.1. The summed E-state index contributed by atoms with van der Waals surface area (Å²) in [6, 6.07) is 0.347. The highest BCUT2D eigenvalue weighted by Crippen LogP contribution is 2.26. The number of nitrogens with zero attached hydrogens (tertiary/aromatic N) is 1. The van der Waals surface area contributed by atoms with Crippen molar-refractivity contribution < 1.29 is 13.2 Å². The first-order valence-corrected chi connectivity index (χ1v) is 9.59. The van der Waals surface area contributed by atoms with E-state index in [0.29, 0.717) is 31.2 Å². The molecular weight excluding hydrogens is 276 g/mol. The summed E-state index contributed by atoms with van der Waals surface area (Å²) in [7, 11) is -1.06. The van der Waals surface area contributed by atoms with E-state index in [1.54, 1.807) is 4.31 Å². The Kier molecular flexibility index (Phi) is 5.84. The number of likely N-dealkylation sites (N-methyl/N-ethyl adjacent to an activating group) is 1. The maximum absolute atomic E-state index is 11.7. The van der Waals surface area contributed by atoms with Gasteiger partial charge in [-0.2, -0.15) is 0 Å². The van der Waals surface area contributed by atoms with Gasteiger partial charge in [0.15, 0.2) is 0 Å². The smallest absolute Gasteiger partial charge is 0.211 e. The van der Waals surface area contributed by atoms with E-state index < -0.39 is 10.0 Å². The molecule has 0 saturated carbocycles. The fraction of sp³-hybridized carbons (Fsp3) is 1.00. The summed E-state index contributed by atoms with van der Waals surface area (Å²) in [5.41, 5.74) is 0. The van der Waals surface area contributed by atoms with Crippen molar-refractivity contribution in [3.63, 3.8) is 0 Å². The zero-order valence-corrected chi connectivity index (χ0v) is 13.5. The molecule has 0 aromatic heterocycles. The summed E-state index contributed by atoms with van der Waals surface area (Å²) in [5.74, 6) is 0.446. The quantitative estimate of drug-likeness (QED) is 0.829. The van der Waals surface area contributed by atoms with Crippen LogP contribution in [-0.4, -0.2) is 57.9 Å². The maximum atomic E-state index is 11.7. The molecule has 3 unspecified atom stereocenters. The van der Waals surface area contributed by atoms with Gasteiger partial charge in [-0.05, 0) is 51.5 Å². The van der Waals surface area contributed by atoms with Crippen LogP contribution < -0.4 is 5.32 Å². The minimum Gasteiger partial charge on any atom is -0.377 e. The monoisotopic (exact) mass is 304 g/mol. The number of hydrogen-bond acceptors (Lipinski definition) is 4. The standard InChI is InChI=1S/C14H28N2O3S/c1-15-13(14-7-3-4-9-19-14)10-12-6-5-8-16(11-12)20(2,17)18/h12-15H,3-11H2,1-2H3. The summed E-state index contributed by atoms with van der Waals surface area (Å²) in [4.78, 5) is 0. The van der Waals surface area contributed by atoms with Crippen LogP contribution in [0.4, 0.5) is 0 Å². The largest absolute Gasteiger partial charge is 0.377 e. The van der Waals surface area contributed by atoms with Crippen molar-refractivity contribution >= 4 is 10.0 Å². The molecule has 5 nitrogen and oxygen atoms in total. The molecule has 0 aromatic rings. The van der Waals surface area contributed by atoms with Gasteiger partial charge in [-0.15, -0.1) is 0 Å². The highest BCUT2D eigenvalue weighted by atomic mass is 32.2. The van der Waals surface area contributed by atoms with Crippen molar-refractivity contribution in [1.29, 1.82) is 0 Å². The van der Waals surface area contributed by atoms with E-state index in [-0.39, 0.29) is 0 Å². The van der Waals surface area contributed by atoms with E-state index in [1.165, 1.54) is 12.7 Å². The van der Waals surface area contributed by atoms with Gasteiger partial charge in [0.25, 0.3) is 0 Å². The van der Waals surface area contributed by atoms with Crippen molar-refractivity contribution in [2.75, 3.05) is 33.0 Å². The number of sulfonamides is 1. The molecule has 0 amide bonds. The van der Waals surface area contributed by atoms with E-state index in [1.807, 2.05) is 7.05 Å². The Balaban J connectivity index is 1.90. The lowest BCUT2D eigenvalue weighted by Gasteiger charge is -2.36. The molecule has 2 aliphatic rings. The zero-order chi connectivity index (χ0) is 14.6. The van der Waals surface area contributed by atoms with Crippen molar-refractivity contribution in [3.05, 3.63) is 0 Å². The van der Waals surface area contributed by atoms with Crippen molar-refractivity contribution in [2.45, 2.75) is 50.7 Å². The second-order valence-corrected chi connectivity index (χ2v) is 8.15. The fourth-order valence-electron chi connectivity index (χ4n) is 3.42. The molecule has 2 saturated heterocycles. The second kappa shape index (κ2) is 7.20. The first-order chi connectivity index (χ1) is 9.50. The van der Waals surface area contributed by atoms with Gasteiger partial charge in [0.1, 0.15) is 0 Å². The highest BCUT2D eigenvalue weighted by molar-refractivity contribution is 7.88. The van der Waals surface area contributed by atoms with Crippen LogP contribution in [0.15, 0.2) is 0 Å². The summed E-state index contributed by atoms with van der Waals surface area (Å²) in [6.07, 6.45) is 8.23. The topological polar surface area (TPSA) is 58.6 Å². The Bertz CT molecular complexity index is 393. The molecule has 2 fully saturated rings. The Labute approximate surface area is 123 Å². The SMILES string of the molecule is CNC(CC1CCCN(S(C)(=O)=O)C1)C1CCCCO1. The summed E-state index contributed by atoms with van der Waals surface area (Å²) >= 11 is 0. The predicted molar refractivity (Wildman–Crippen MR) is 80.2 cm³/mol. The molecule has 2 aliphatic heterocycles. The average Bonchev–Trinajstić information content (AvgIpc) is 2.45. The van der Waals surface area contributed by atoms with Crippen LogP contribution in [0.2, 0.25) is 0 Å². The Morgan fingerprint density at radius 1 is 1.30 bits per heavy atom. The van der Waals surface area contributed by atoms with Crippen LogP contribution in [0.3, 0.4) is 0 Å². The van der Waals surface area contributed by atoms with Crippen molar-refractivity contribution in [1.82, 2.24) is 9.62 Å². The third-order valence-electron chi connectivity index (χ3n) is 4.57. The number of ether oxygens (including phenoxy) is 1. The van der Waals surface area contributed by atoms with Gasteiger partial charge in [0, 0.05) is 25.7 Å². The van der Waals surface area contributed by atoms with Gasteiger partial charge in [-0.3, -0.25) is 0 Å². The average molecular weight is 304 g/mol. The third kappa shape index (κ3) is 4.41. The van der Waals surface area contributed by atoms with Crippen molar-refractivity contribution in [3.8, 4) is 0 Å². The van der Waals surface area contributed by atoms with Gasteiger partial charge in [0.05, 0.1) is 12.4 Å².